The van der Waals surface area contributed by atoms with Crippen molar-refractivity contribution in [3.63, 3.8) is 0 Å². The first-order valence-corrected chi connectivity index (χ1v) is 12.3. The fourth-order valence-corrected chi connectivity index (χ4v) is 4.76. The van der Waals surface area contributed by atoms with E-state index in [1.807, 2.05) is 0 Å². The highest BCUT2D eigenvalue weighted by atomic mass is 35.5. The molecular formula is C23H29ClFN6OS+. The molecule has 5 N–H and O–H groups in total. The number of rotatable bonds is 7. The van der Waals surface area contributed by atoms with Crippen LogP contribution in [0.5, 0.6) is 0 Å². The Morgan fingerprint density at radius 2 is 1.97 bits per heavy atom. The molecule has 2 aromatic carbocycles. The first kappa shape index (κ1) is 24.7. The van der Waals surface area contributed by atoms with Gasteiger partial charge in [0.1, 0.15) is 5.69 Å². The Kier molecular flexibility index (Phi) is 6.59. The van der Waals surface area contributed by atoms with Crippen LogP contribution < -0.4 is 15.7 Å². The maximum Gasteiger partial charge on any atom is 0.417 e. The number of nitrogen functional groups attached to an aromatic ring is 1. The highest BCUT2D eigenvalue weighted by molar-refractivity contribution is 7.93. The molecule has 0 saturated carbocycles. The van der Waals surface area contributed by atoms with Gasteiger partial charge in [-0.3, -0.25) is 0 Å². The number of hydrogen-bond acceptors (Lipinski definition) is 5. The molecule has 1 aromatic heterocycles. The number of nitrogens with one attached hydrogen (secondary N) is 3. The molecular weight excluding hydrogens is 463 g/mol. The van der Waals surface area contributed by atoms with E-state index in [1.165, 1.54) is 6.92 Å². The molecule has 0 radical (unpaired) electrons. The van der Waals surface area contributed by atoms with E-state index in [9.17, 15) is 4.21 Å². The summed E-state index contributed by atoms with van der Waals surface area (Å²) in [4.78, 5) is 4.58. The minimum Gasteiger partial charge on any atom is -0.353 e. The highest BCUT2D eigenvalue weighted by Crippen LogP contribution is 2.44. The molecule has 0 bridgehead atoms. The zero-order valence-electron chi connectivity index (χ0n) is 19.3. The monoisotopic (exact) mass is 491 g/mol. The minimum absolute atomic E-state index is 0.229. The van der Waals surface area contributed by atoms with E-state index >= 15 is 4.39 Å². The topological polar surface area (TPSA) is 112 Å². The standard InChI is InChI=1S/C23H28ClFN6OS/c1-13(2)23(5,25)18-11-16(28-22-29-21(26)30-31(22)6)12-19(24)20(18)15-7-9-17(10-8-15)33(27,32)14(3)4/h7-12,14H,1H2,2-6H3,(H4,26,27,28,29,30,32)/p+1. The lowest BCUT2D eigenvalue weighted by Crippen LogP contribution is -2.33. The Hall–Kier alpha value is -2.91. The summed E-state index contributed by atoms with van der Waals surface area (Å²) in [6.07, 6.45) is 0. The van der Waals surface area contributed by atoms with E-state index in [1.54, 1.807) is 68.9 Å². The number of anilines is 3. The third-order valence-corrected chi connectivity index (χ3v) is 8.24. The first-order chi connectivity index (χ1) is 15.2. The molecule has 2 atom stereocenters. The van der Waals surface area contributed by atoms with Crippen LogP contribution in [0.1, 0.15) is 33.3 Å². The van der Waals surface area contributed by atoms with Gasteiger partial charge in [-0.15, -0.1) is 0 Å². The summed E-state index contributed by atoms with van der Waals surface area (Å²) in [5, 5.41) is 5.91. The smallest absolute Gasteiger partial charge is 0.353 e. The van der Waals surface area contributed by atoms with E-state index in [2.05, 4.69) is 22.0 Å². The number of nitrogens with zero attached hydrogens (tertiary/aromatic N) is 2. The van der Waals surface area contributed by atoms with Gasteiger partial charge < -0.3 is 5.73 Å². The summed E-state index contributed by atoms with van der Waals surface area (Å²) in [6, 6.07) is 10.0. The van der Waals surface area contributed by atoms with E-state index in [4.69, 9.17) is 22.1 Å². The second-order valence-corrected chi connectivity index (χ2v) is 11.5. The van der Waals surface area contributed by atoms with E-state index < -0.39 is 15.4 Å². The zero-order valence-corrected chi connectivity index (χ0v) is 20.9. The molecule has 0 aliphatic heterocycles. The van der Waals surface area contributed by atoms with E-state index in [0.29, 0.717) is 43.8 Å². The van der Waals surface area contributed by atoms with Crippen LogP contribution in [0.2, 0.25) is 5.02 Å². The normalized spacial score (nSPS) is 15.2. The average molecular weight is 492 g/mol. The van der Waals surface area contributed by atoms with Gasteiger partial charge in [-0.2, -0.15) is 4.68 Å². The number of aromatic amines is 1. The lowest BCUT2D eigenvalue weighted by molar-refractivity contribution is -0.713. The summed E-state index contributed by atoms with van der Waals surface area (Å²) in [7, 11) is -1.20. The molecule has 33 heavy (non-hydrogen) atoms. The van der Waals surface area contributed by atoms with Crippen LogP contribution in [0.3, 0.4) is 0 Å². The fraction of sp³-hybridized carbons (Fsp3) is 0.304. The van der Waals surface area contributed by atoms with Crippen LogP contribution in [0, 0.1) is 4.78 Å². The van der Waals surface area contributed by atoms with Crippen molar-refractivity contribution in [3.05, 3.63) is 59.1 Å². The molecule has 0 aliphatic carbocycles. The molecule has 0 amide bonds. The van der Waals surface area contributed by atoms with Gasteiger partial charge in [0, 0.05) is 21.3 Å². The van der Waals surface area contributed by atoms with Crippen molar-refractivity contribution in [2.45, 2.75) is 43.5 Å². The molecule has 7 nitrogen and oxygen atoms in total. The van der Waals surface area contributed by atoms with Gasteiger partial charge in [-0.1, -0.05) is 30.3 Å². The van der Waals surface area contributed by atoms with Crippen LogP contribution >= 0.6 is 11.6 Å². The molecule has 3 rings (SSSR count). The van der Waals surface area contributed by atoms with Crippen LogP contribution in [0.15, 0.2) is 53.4 Å². The van der Waals surface area contributed by atoms with E-state index in [-0.39, 0.29) is 11.2 Å². The number of aryl methyl sites for hydroxylation is 1. The number of hydrogen-bond donors (Lipinski definition) is 4. The van der Waals surface area contributed by atoms with Crippen molar-refractivity contribution in [1.29, 1.82) is 4.78 Å². The van der Waals surface area contributed by atoms with Gasteiger partial charge in [-0.25, -0.2) is 23.8 Å². The van der Waals surface area contributed by atoms with Crippen LogP contribution in [-0.2, 0) is 22.4 Å². The Balaban J connectivity index is 2.17. The number of aromatic nitrogens is 3. The number of nitrogens with two attached hydrogens (primary N) is 1. The van der Waals surface area contributed by atoms with Crippen LogP contribution in [0.4, 0.5) is 22.0 Å². The third kappa shape index (κ3) is 4.74. The Morgan fingerprint density at radius 3 is 2.45 bits per heavy atom. The SMILES string of the molecule is C=C(C)C(C)(F)c1cc(Nc2nc(N)[nH][n+]2C)cc(Cl)c1-c1ccc(S(=N)(=O)C(C)C)cc1. The zero-order chi connectivity index (χ0) is 24.7. The summed E-state index contributed by atoms with van der Waals surface area (Å²) < 4.78 is 38.4. The Bertz CT molecular complexity index is 1310. The van der Waals surface area contributed by atoms with Crippen molar-refractivity contribution < 1.29 is 13.3 Å². The quantitative estimate of drug-likeness (QED) is 0.260. The fourth-order valence-electron chi connectivity index (χ4n) is 3.35. The molecule has 0 saturated heterocycles. The predicted molar refractivity (Wildman–Crippen MR) is 132 cm³/mol. The predicted octanol–water partition coefficient (Wildman–Crippen LogP) is 5.46. The number of H-pyrrole nitrogens is 1. The number of alkyl halides is 1. The van der Waals surface area contributed by atoms with Crippen molar-refractivity contribution in [3.8, 4) is 11.1 Å². The lowest BCUT2D eigenvalue weighted by atomic mass is 9.85. The van der Waals surface area contributed by atoms with Crippen molar-refractivity contribution >= 4 is 38.9 Å². The number of halogens is 2. The third-order valence-electron chi connectivity index (χ3n) is 5.64. The average Bonchev–Trinajstić information content (AvgIpc) is 3.04. The second-order valence-electron chi connectivity index (χ2n) is 8.45. The van der Waals surface area contributed by atoms with Gasteiger partial charge in [0.05, 0.1) is 21.8 Å². The van der Waals surface area contributed by atoms with Gasteiger partial charge in [0.25, 0.3) is 0 Å². The van der Waals surface area contributed by atoms with E-state index in [0.717, 1.165) is 0 Å². The molecule has 0 spiro atoms. The van der Waals surface area contributed by atoms with Crippen LogP contribution in [-0.4, -0.2) is 19.5 Å². The summed E-state index contributed by atoms with van der Waals surface area (Å²) in [5.41, 5.74) is 6.12. The maximum atomic E-state index is 15.9. The second kappa shape index (κ2) is 8.79. The first-order valence-electron chi connectivity index (χ1n) is 10.3. The Morgan fingerprint density at radius 1 is 1.36 bits per heavy atom. The maximum absolute atomic E-state index is 15.9. The van der Waals surface area contributed by atoms with Gasteiger partial charge in [-0.05, 0) is 68.1 Å². The molecule has 3 aromatic rings. The van der Waals surface area contributed by atoms with Crippen molar-refractivity contribution in [2.75, 3.05) is 11.1 Å². The van der Waals surface area contributed by atoms with Gasteiger partial charge >= 0.3 is 11.9 Å². The summed E-state index contributed by atoms with van der Waals surface area (Å²) in [5.74, 6) is 0.661. The molecule has 176 valence electrons. The molecule has 0 aliphatic rings. The molecule has 10 heteroatoms. The lowest BCUT2D eigenvalue weighted by Gasteiger charge is -2.26. The summed E-state index contributed by atoms with van der Waals surface area (Å²) >= 11 is 6.68. The van der Waals surface area contributed by atoms with Crippen molar-refractivity contribution in [2.24, 2.45) is 7.05 Å². The van der Waals surface area contributed by atoms with Gasteiger partial charge in [0.2, 0.25) is 0 Å². The van der Waals surface area contributed by atoms with Crippen LogP contribution in [0.25, 0.3) is 11.1 Å². The molecule has 2 unspecified atom stereocenters. The molecule has 1 heterocycles. The van der Waals surface area contributed by atoms with Crippen molar-refractivity contribution in [1.82, 2.24) is 10.1 Å². The minimum atomic E-state index is -2.93. The molecule has 0 fully saturated rings. The van der Waals surface area contributed by atoms with Gasteiger partial charge in [0.15, 0.2) is 5.67 Å². The summed E-state index contributed by atoms with van der Waals surface area (Å²) in [6.45, 7) is 10.4. The highest BCUT2D eigenvalue weighted by Gasteiger charge is 2.32. The number of allylic oxidation sites excluding steroid dienone is 1. The number of benzene rings is 2. The Labute approximate surface area is 198 Å². The largest absolute Gasteiger partial charge is 0.417 e.